The summed E-state index contributed by atoms with van der Waals surface area (Å²) in [6, 6.07) is 5.75. The zero-order valence-corrected chi connectivity index (χ0v) is 20.1. The molecule has 2 heterocycles. The Morgan fingerprint density at radius 2 is 1.78 bits per heavy atom. The van der Waals surface area contributed by atoms with Crippen molar-refractivity contribution < 1.29 is 9.90 Å². The summed E-state index contributed by atoms with van der Waals surface area (Å²) in [5.74, 6) is 0.0394. The molecule has 3 aromatic rings. The number of amides is 1. The number of fused-ring (bicyclic) bond motifs is 1. The van der Waals surface area contributed by atoms with Crippen LogP contribution in [0.3, 0.4) is 0 Å². The van der Waals surface area contributed by atoms with E-state index >= 15 is 0 Å². The third-order valence-corrected chi connectivity index (χ3v) is 5.38. The molecule has 0 bridgehead atoms. The number of nitrogens with one attached hydrogen (secondary N) is 1. The van der Waals surface area contributed by atoms with Gasteiger partial charge in [0.25, 0.3) is 5.91 Å². The number of phenols is 1. The van der Waals surface area contributed by atoms with Crippen molar-refractivity contribution in [1.82, 2.24) is 29.6 Å². The molecule has 0 fully saturated rings. The zero-order valence-electron chi connectivity index (χ0n) is 20.1. The number of aromatic nitrogens is 2. The van der Waals surface area contributed by atoms with Crippen molar-refractivity contribution in [2.24, 2.45) is 7.05 Å². The number of nitrogens with zero attached hydrogens (tertiary/aromatic N) is 5. The van der Waals surface area contributed by atoms with Crippen LogP contribution < -0.4 is 5.32 Å². The molecule has 0 aliphatic carbocycles. The van der Waals surface area contributed by atoms with Gasteiger partial charge < -0.3 is 24.8 Å². The summed E-state index contributed by atoms with van der Waals surface area (Å²) in [6.45, 7) is 1.52. The van der Waals surface area contributed by atoms with E-state index in [1.54, 1.807) is 12.4 Å². The molecule has 32 heavy (non-hydrogen) atoms. The molecule has 0 aliphatic rings. The fourth-order valence-corrected chi connectivity index (χ4v) is 3.97. The Morgan fingerprint density at radius 1 is 1.09 bits per heavy atom. The van der Waals surface area contributed by atoms with E-state index in [0.29, 0.717) is 30.9 Å². The predicted molar refractivity (Wildman–Crippen MR) is 129 cm³/mol. The van der Waals surface area contributed by atoms with E-state index in [2.05, 4.69) is 14.9 Å². The van der Waals surface area contributed by atoms with Crippen LogP contribution in [0.4, 0.5) is 0 Å². The number of phenolic OH excluding ortho intramolecular Hbond substituents is 1. The van der Waals surface area contributed by atoms with Gasteiger partial charge in [-0.05, 0) is 54.4 Å². The number of carbonyl (C=O) groups excluding carboxylic acids is 1. The summed E-state index contributed by atoms with van der Waals surface area (Å²) in [7, 11) is 13.7. The molecular formula is C24H34N6O2. The Kier molecular flexibility index (Phi) is 7.18. The van der Waals surface area contributed by atoms with Gasteiger partial charge in [0.2, 0.25) is 0 Å². The fraction of sp³-hybridized carbons (Fsp3) is 0.417. The number of aromatic hydroxyl groups is 1. The second-order valence-corrected chi connectivity index (χ2v) is 8.99. The molecule has 2 N–H and O–H groups in total. The molecule has 8 heteroatoms. The summed E-state index contributed by atoms with van der Waals surface area (Å²) < 4.78 is 2.07. The predicted octanol–water partition coefficient (Wildman–Crippen LogP) is 2.32. The van der Waals surface area contributed by atoms with Crippen molar-refractivity contribution in [2.75, 3.05) is 49.0 Å². The first-order valence-electron chi connectivity index (χ1n) is 10.6. The Labute approximate surface area is 190 Å². The first-order valence-corrected chi connectivity index (χ1v) is 10.6. The van der Waals surface area contributed by atoms with Gasteiger partial charge in [0.15, 0.2) is 0 Å². The third kappa shape index (κ3) is 4.77. The van der Waals surface area contributed by atoms with Gasteiger partial charge >= 0.3 is 0 Å². The SMILES string of the molecule is CN(C)CNC(=O)c1c(CN(C)C)n(C)c2cc(-c3cccnc3)c(O)c(CN(C)C)c12. The maximum absolute atomic E-state index is 13.4. The highest BCUT2D eigenvalue weighted by atomic mass is 16.3. The standard InChI is InChI=1S/C24H34N6O2/c1-27(2)13-18-21-19(11-17(23(18)31)16-9-8-10-25-12-16)30(7)20(14-28(3)4)22(21)24(32)26-15-29(5)6/h8-12,31H,13-15H2,1-7H3,(H,26,32). The summed E-state index contributed by atoms with van der Waals surface area (Å²) in [5, 5.41) is 15.2. The summed E-state index contributed by atoms with van der Waals surface area (Å²) in [4.78, 5) is 23.6. The molecule has 1 aromatic carbocycles. The molecule has 0 unspecified atom stereocenters. The third-order valence-electron chi connectivity index (χ3n) is 5.38. The van der Waals surface area contributed by atoms with Crippen LogP contribution in [0.1, 0.15) is 21.6 Å². The van der Waals surface area contributed by atoms with E-state index in [0.717, 1.165) is 27.7 Å². The first-order chi connectivity index (χ1) is 15.1. The lowest BCUT2D eigenvalue weighted by Gasteiger charge is -2.17. The quantitative estimate of drug-likeness (QED) is 0.526. The van der Waals surface area contributed by atoms with Gasteiger partial charge in [0, 0.05) is 60.3 Å². The minimum absolute atomic E-state index is 0.144. The highest BCUT2D eigenvalue weighted by Gasteiger charge is 2.27. The van der Waals surface area contributed by atoms with Crippen LogP contribution in [0.15, 0.2) is 30.6 Å². The van der Waals surface area contributed by atoms with Crippen LogP contribution in [-0.2, 0) is 20.1 Å². The van der Waals surface area contributed by atoms with Gasteiger partial charge in [0.05, 0.1) is 17.7 Å². The highest BCUT2D eigenvalue weighted by molar-refractivity contribution is 6.11. The van der Waals surface area contributed by atoms with Gasteiger partial charge in [-0.3, -0.25) is 14.7 Å². The van der Waals surface area contributed by atoms with Crippen LogP contribution in [0.25, 0.3) is 22.0 Å². The molecule has 8 nitrogen and oxygen atoms in total. The smallest absolute Gasteiger partial charge is 0.254 e. The Balaban J connectivity index is 2.37. The van der Waals surface area contributed by atoms with Crippen molar-refractivity contribution >= 4 is 16.8 Å². The van der Waals surface area contributed by atoms with E-state index in [4.69, 9.17) is 0 Å². The van der Waals surface area contributed by atoms with E-state index in [1.165, 1.54) is 0 Å². The van der Waals surface area contributed by atoms with Crippen LogP contribution in [-0.4, -0.2) is 84.2 Å². The highest BCUT2D eigenvalue weighted by Crippen LogP contribution is 2.41. The first kappa shape index (κ1) is 23.7. The minimum atomic E-state index is -0.144. The minimum Gasteiger partial charge on any atom is -0.507 e. The van der Waals surface area contributed by atoms with Gasteiger partial charge in [0.1, 0.15) is 5.75 Å². The molecule has 0 atom stereocenters. The number of benzene rings is 1. The molecule has 0 saturated heterocycles. The molecule has 0 aliphatic heterocycles. The number of hydrogen-bond donors (Lipinski definition) is 2. The molecule has 0 spiro atoms. The van der Waals surface area contributed by atoms with Crippen LogP contribution >= 0.6 is 0 Å². The van der Waals surface area contributed by atoms with E-state index in [1.807, 2.05) is 82.2 Å². The van der Waals surface area contributed by atoms with Crippen LogP contribution in [0.5, 0.6) is 5.75 Å². The number of hydrogen-bond acceptors (Lipinski definition) is 6. The molecule has 0 saturated carbocycles. The number of aryl methyl sites for hydroxylation is 1. The number of pyridine rings is 1. The van der Waals surface area contributed by atoms with Crippen LogP contribution in [0.2, 0.25) is 0 Å². The van der Waals surface area contributed by atoms with Crippen molar-refractivity contribution in [3.63, 3.8) is 0 Å². The van der Waals surface area contributed by atoms with Crippen LogP contribution in [0, 0.1) is 0 Å². The Hall–Kier alpha value is -2.94. The second-order valence-electron chi connectivity index (χ2n) is 8.99. The van der Waals surface area contributed by atoms with Crippen molar-refractivity contribution in [3.05, 3.63) is 47.4 Å². The molecular weight excluding hydrogens is 404 g/mol. The average Bonchev–Trinajstić information content (AvgIpc) is 2.99. The number of carbonyl (C=O) groups is 1. The molecule has 1 amide bonds. The Morgan fingerprint density at radius 3 is 2.34 bits per heavy atom. The van der Waals surface area contributed by atoms with Gasteiger partial charge in [-0.2, -0.15) is 0 Å². The maximum Gasteiger partial charge on any atom is 0.254 e. The lowest BCUT2D eigenvalue weighted by molar-refractivity contribution is 0.0935. The lowest BCUT2D eigenvalue weighted by atomic mass is 9.96. The molecule has 0 radical (unpaired) electrons. The Bertz CT molecular complexity index is 1100. The lowest BCUT2D eigenvalue weighted by Crippen LogP contribution is -2.34. The largest absolute Gasteiger partial charge is 0.507 e. The van der Waals surface area contributed by atoms with Gasteiger partial charge in [-0.25, -0.2) is 0 Å². The van der Waals surface area contributed by atoms with Gasteiger partial charge in [-0.15, -0.1) is 0 Å². The van der Waals surface area contributed by atoms with Crippen molar-refractivity contribution in [1.29, 1.82) is 0 Å². The fourth-order valence-electron chi connectivity index (χ4n) is 3.97. The monoisotopic (exact) mass is 438 g/mol. The molecule has 3 rings (SSSR count). The normalized spacial score (nSPS) is 11.8. The van der Waals surface area contributed by atoms with Crippen molar-refractivity contribution in [3.8, 4) is 16.9 Å². The summed E-state index contributed by atoms with van der Waals surface area (Å²) >= 11 is 0. The zero-order chi connectivity index (χ0) is 23.6. The maximum atomic E-state index is 13.4. The average molecular weight is 439 g/mol. The molecule has 172 valence electrons. The summed E-state index contributed by atoms with van der Waals surface area (Å²) in [5.41, 5.74) is 4.71. The molecule has 2 aromatic heterocycles. The summed E-state index contributed by atoms with van der Waals surface area (Å²) in [6.07, 6.45) is 3.46. The van der Waals surface area contributed by atoms with E-state index in [9.17, 15) is 9.90 Å². The second kappa shape index (κ2) is 9.68. The van der Waals surface area contributed by atoms with Gasteiger partial charge in [-0.1, -0.05) is 6.07 Å². The van der Waals surface area contributed by atoms with E-state index in [-0.39, 0.29) is 11.7 Å². The van der Waals surface area contributed by atoms with Crippen molar-refractivity contribution in [2.45, 2.75) is 13.1 Å². The topological polar surface area (TPSA) is 76.9 Å². The van der Waals surface area contributed by atoms with E-state index < -0.39 is 0 Å². The number of rotatable bonds is 8.